The van der Waals surface area contributed by atoms with Gasteiger partial charge in [0.15, 0.2) is 4.34 Å². The number of ether oxygens (including phenoxy) is 2. The first kappa shape index (κ1) is 20.5. The van der Waals surface area contributed by atoms with Crippen LogP contribution in [0.4, 0.5) is 16.5 Å². The Kier molecular flexibility index (Phi) is 6.39. The Labute approximate surface area is 183 Å². The number of carbonyl (C=O) groups excluding carboxylic acids is 1. The number of hydrogen-bond donors (Lipinski definition) is 1. The lowest BCUT2D eigenvalue weighted by atomic mass is 10.0. The maximum Gasteiger partial charge on any atom is 0.237 e. The fourth-order valence-electron chi connectivity index (χ4n) is 3.34. The minimum Gasteiger partial charge on any atom is -0.497 e. The number of aryl methyl sites for hydroxylation is 1. The fourth-order valence-corrected chi connectivity index (χ4v) is 4.98. The van der Waals surface area contributed by atoms with E-state index >= 15 is 0 Å². The lowest BCUT2D eigenvalue weighted by Crippen LogP contribution is -2.36. The number of methoxy groups -OCH3 is 2. The molecule has 1 aromatic heterocycles. The van der Waals surface area contributed by atoms with Gasteiger partial charge in [-0.15, -0.1) is 10.2 Å². The molecule has 30 heavy (non-hydrogen) atoms. The Morgan fingerprint density at radius 2 is 2.07 bits per heavy atom. The van der Waals surface area contributed by atoms with E-state index in [1.807, 2.05) is 47.4 Å². The minimum absolute atomic E-state index is 0.0700. The first-order valence-corrected chi connectivity index (χ1v) is 11.3. The van der Waals surface area contributed by atoms with Gasteiger partial charge in [-0.2, -0.15) is 0 Å². The zero-order chi connectivity index (χ0) is 20.9. The molecule has 0 radical (unpaired) electrons. The first-order chi connectivity index (χ1) is 14.7. The number of amides is 1. The molecular weight excluding hydrogens is 420 g/mol. The summed E-state index contributed by atoms with van der Waals surface area (Å²) < 4.78 is 11.4. The smallest absolute Gasteiger partial charge is 0.237 e. The van der Waals surface area contributed by atoms with Crippen LogP contribution in [0.15, 0.2) is 46.8 Å². The summed E-state index contributed by atoms with van der Waals surface area (Å²) in [6.07, 6.45) is 1.90. The van der Waals surface area contributed by atoms with Crippen molar-refractivity contribution in [2.75, 3.05) is 36.7 Å². The van der Waals surface area contributed by atoms with Gasteiger partial charge >= 0.3 is 0 Å². The van der Waals surface area contributed by atoms with E-state index in [0.29, 0.717) is 10.9 Å². The molecule has 2 aromatic carbocycles. The van der Waals surface area contributed by atoms with Gasteiger partial charge in [0.25, 0.3) is 0 Å². The molecule has 3 aromatic rings. The summed E-state index contributed by atoms with van der Waals surface area (Å²) >= 11 is 2.82. The molecule has 4 rings (SSSR count). The summed E-state index contributed by atoms with van der Waals surface area (Å²) in [4.78, 5) is 14.7. The van der Waals surface area contributed by atoms with Gasteiger partial charge in [0, 0.05) is 12.2 Å². The summed E-state index contributed by atoms with van der Waals surface area (Å²) in [5.74, 6) is 1.94. The van der Waals surface area contributed by atoms with E-state index in [-0.39, 0.29) is 5.91 Å². The summed E-state index contributed by atoms with van der Waals surface area (Å²) in [6, 6.07) is 13.5. The van der Waals surface area contributed by atoms with Gasteiger partial charge in [0.1, 0.15) is 11.5 Å². The van der Waals surface area contributed by atoms with Crippen molar-refractivity contribution >= 4 is 45.5 Å². The maximum absolute atomic E-state index is 12.9. The number of anilines is 3. The highest BCUT2D eigenvalue weighted by Gasteiger charge is 2.23. The number of carbonyl (C=O) groups is 1. The molecule has 0 unspecified atom stereocenters. The molecule has 0 saturated heterocycles. The zero-order valence-corrected chi connectivity index (χ0v) is 18.4. The van der Waals surface area contributed by atoms with Crippen molar-refractivity contribution in [3.63, 3.8) is 0 Å². The van der Waals surface area contributed by atoms with Crippen LogP contribution in [0.1, 0.15) is 12.0 Å². The highest BCUT2D eigenvalue weighted by molar-refractivity contribution is 8.01. The van der Waals surface area contributed by atoms with Crippen molar-refractivity contribution in [2.45, 2.75) is 17.2 Å². The number of nitrogens with one attached hydrogen (secondary N) is 1. The second-order valence-electron chi connectivity index (χ2n) is 6.63. The number of thioether (sulfide) groups is 1. The number of nitrogens with zero attached hydrogens (tertiary/aromatic N) is 3. The molecule has 9 heteroatoms. The number of fused-ring (bicyclic) bond motifs is 1. The van der Waals surface area contributed by atoms with E-state index in [2.05, 4.69) is 15.5 Å². The van der Waals surface area contributed by atoms with Crippen molar-refractivity contribution < 1.29 is 14.3 Å². The normalized spacial score (nSPS) is 12.9. The first-order valence-electron chi connectivity index (χ1n) is 9.51. The Morgan fingerprint density at radius 3 is 2.90 bits per heavy atom. The largest absolute Gasteiger partial charge is 0.497 e. The van der Waals surface area contributed by atoms with Crippen LogP contribution in [0, 0.1) is 0 Å². The molecule has 1 amide bonds. The Balaban J connectivity index is 1.39. The average molecular weight is 443 g/mol. The van der Waals surface area contributed by atoms with Crippen LogP contribution >= 0.6 is 23.1 Å². The third-order valence-corrected chi connectivity index (χ3v) is 6.74. The predicted octanol–water partition coefficient (Wildman–Crippen LogP) is 4.37. The highest BCUT2D eigenvalue weighted by Crippen LogP contribution is 2.33. The van der Waals surface area contributed by atoms with Gasteiger partial charge in [-0.25, -0.2) is 0 Å². The quantitative estimate of drug-likeness (QED) is 0.545. The Morgan fingerprint density at radius 1 is 1.20 bits per heavy atom. The van der Waals surface area contributed by atoms with E-state index in [9.17, 15) is 4.79 Å². The van der Waals surface area contributed by atoms with Gasteiger partial charge in [0.2, 0.25) is 11.0 Å². The summed E-state index contributed by atoms with van der Waals surface area (Å²) in [5.41, 5.74) is 2.95. The molecule has 0 spiro atoms. The molecule has 0 aliphatic carbocycles. The van der Waals surface area contributed by atoms with Crippen molar-refractivity contribution in [1.82, 2.24) is 10.2 Å². The fraction of sp³-hybridized carbons (Fsp3) is 0.286. The van der Waals surface area contributed by atoms with Crippen LogP contribution < -0.4 is 19.7 Å². The van der Waals surface area contributed by atoms with Crippen molar-refractivity contribution in [3.8, 4) is 11.5 Å². The van der Waals surface area contributed by atoms with Gasteiger partial charge in [0.05, 0.1) is 25.7 Å². The van der Waals surface area contributed by atoms with Crippen molar-refractivity contribution in [2.24, 2.45) is 0 Å². The van der Waals surface area contributed by atoms with E-state index in [0.717, 1.165) is 52.2 Å². The standard InChI is InChI=1S/C21H22N4O3S2/c1-27-15-9-10-17-14(12-15)6-5-11-25(17)19(26)13-29-21-24-23-20(30-21)22-16-7-3-4-8-18(16)28-2/h3-4,7-10,12H,5-6,11,13H2,1-2H3,(H,22,23). The number of hydrogen-bond acceptors (Lipinski definition) is 8. The van der Waals surface area contributed by atoms with Crippen LogP contribution in [-0.4, -0.2) is 42.6 Å². The monoisotopic (exact) mass is 442 g/mol. The zero-order valence-electron chi connectivity index (χ0n) is 16.8. The highest BCUT2D eigenvalue weighted by atomic mass is 32.2. The average Bonchev–Trinajstić information content (AvgIpc) is 3.24. The van der Waals surface area contributed by atoms with Crippen LogP contribution in [0.5, 0.6) is 11.5 Å². The number of rotatable bonds is 7. The lowest BCUT2D eigenvalue weighted by Gasteiger charge is -2.29. The van der Waals surface area contributed by atoms with Crippen LogP contribution in [0.25, 0.3) is 0 Å². The summed E-state index contributed by atoms with van der Waals surface area (Å²) in [7, 11) is 3.28. The minimum atomic E-state index is 0.0700. The molecule has 0 atom stereocenters. The third kappa shape index (κ3) is 4.52. The van der Waals surface area contributed by atoms with Crippen LogP contribution in [0.2, 0.25) is 0 Å². The molecule has 0 saturated carbocycles. The van der Waals surface area contributed by atoms with Gasteiger partial charge in [-0.1, -0.05) is 35.2 Å². The van der Waals surface area contributed by atoms with E-state index < -0.39 is 0 Å². The van der Waals surface area contributed by atoms with Crippen molar-refractivity contribution in [1.29, 1.82) is 0 Å². The molecule has 0 bridgehead atoms. The van der Waals surface area contributed by atoms with E-state index in [1.54, 1.807) is 14.2 Å². The molecular formula is C21H22N4O3S2. The molecule has 2 heterocycles. The van der Waals surface area contributed by atoms with Gasteiger partial charge in [-0.3, -0.25) is 4.79 Å². The SMILES string of the molecule is COc1ccc2c(c1)CCCN2C(=O)CSc1nnc(Nc2ccccc2OC)s1. The number of benzene rings is 2. The Hall–Kier alpha value is -2.78. The summed E-state index contributed by atoms with van der Waals surface area (Å²) in [6.45, 7) is 0.732. The van der Waals surface area contributed by atoms with Gasteiger partial charge in [-0.05, 0) is 48.7 Å². The second kappa shape index (κ2) is 9.36. The Bertz CT molecular complexity index is 1040. The van der Waals surface area contributed by atoms with Crippen LogP contribution in [0.3, 0.4) is 0 Å². The molecule has 156 valence electrons. The predicted molar refractivity (Wildman–Crippen MR) is 121 cm³/mol. The van der Waals surface area contributed by atoms with Gasteiger partial charge < -0.3 is 19.7 Å². The molecule has 1 N–H and O–H groups in total. The number of para-hydroxylation sites is 2. The molecule has 1 aliphatic heterocycles. The third-order valence-electron chi connectivity index (χ3n) is 4.78. The summed E-state index contributed by atoms with van der Waals surface area (Å²) in [5, 5.41) is 12.2. The van der Waals surface area contributed by atoms with E-state index in [1.165, 1.54) is 23.1 Å². The van der Waals surface area contributed by atoms with Crippen molar-refractivity contribution in [3.05, 3.63) is 48.0 Å². The molecule has 1 aliphatic rings. The molecule has 7 nitrogen and oxygen atoms in total. The van der Waals surface area contributed by atoms with E-state index in [4.69, 9.17) is 9.47 Å². The number of aromatic nitrogens is 2. The topological polar surface area (TPSA) is 76.6 Å². The van der Waals surface area contributed by atoms with Crippen LogP contribution in [-0.2, 0) is 11.2 Å². The second-order valence-corrected chi connectivity index (χ2v) is 8.83. The lowest BCUT2D eigenvalue weighted by molar-refractivity contribution is -0.116. The maximum atomic E-state index is 12.9. The molecule has 0 fully saturated rings.